The molecule has 1 aliphatic rings. The second-order valence-corrected chi connectivity index (χ2v) is 8.24. The van der Waals surface area contributed by atoms with E-state index in [2.05, 4.69) is 6.92 Å². The van der Waals surface area contributed by atoms with Gasteiger partial charge in [-0.15, -0.1) is 0 Å². The third-order valence-electron chi connectivity index (χ3n) is 5.32. The molecule has 1 aromatic rings. The molecule has 144 valence electrons. The van der Waals surface area contributed by atoms with Crippen LogP contribution in [0.2, 0.25) is 5.02 Å². The number of carbonyl (C=O) groups is 1. The molecule has 0 saturated carbocycles. The van der Waals surface area contributed by atoms with Gasteiger partial charge in [0, 0.05) is 18.1 Å². The number of unbranched alkanes of at least 4 members (excludes halogenated alkanes) is 1. The summed E-state index contributed by atoms with van der Waals surface area (Å²) in [6.45, 7) is 11.1. The zero-order chi connectivity index (χ0) is 19.5. The molecule has 0 aliphatic carbocycles. The minimum absolute atomic E-state index is 0.434. The van der Waals surface area contributed by atoms with E-state index in [9.17, 15) is 9.90 Å². The van der Waals surface area contributed by atoms with E-state index in [1.165, 1.54) is 4.90 Å². The summed E-state index contributed by atoms with van der Waals surface area (Å²) in [4.78, 5) is 12.9. The molecule has 1 saturated heterocycles. The summed E-state index contributed by atoms with van der Waals surface area (Å²) in [5, 5.41) is 10.0. The van der Waals surface area contributed by atoms with Gasteiger partial charge < -0.3 is 19.3 Å². The number of carboxylic acid groups (broad SMARTS) is 1. The van der Waals surface area contributed by atoms with E-state index in [1.54, 1.807) is 0 Å². The third-order valence-corrected chi connectivity index (χ3v) is 5.55. The zero-order valence-corrected chi connectivity index (χ0v) is 17.1. The molecule has 2 rings (SSSR count). The molecule has 1 aromatic carbocycles. The van der Waals surface area contributed by atoms with Gasteiger partial charge in [-0.05, 0) is 63.7 Å². The molecule has 1 N–H and O–H groups in total. The SMILES string of the molecule is CCCCN(CCc1ccc(Cl)cc1B1OC(C)(C)C(C)(C)O1)C(=O)O. The van der Waals surface area contributed by atoms with Crippen molar-refractivity contribution in [2.45, 2.75) is 65.1 Å². The van der Waals surface area contributed by atoms with Crippen LogP contribution in [0.15, 0.2) is 18.2 Å². The number of halogens is 1. The van der Waals surface area contributed by atoms with Crippen molar-refractivity contribution in [2.24, 2.45) is 0 Å². The molecule has 1 fully saturated rings. The molecule has 7 heteroatoms. The van der Waals surface area contributed by atoms with Crippen LogP contribution < -0.4 is 5.46 Å². The van der Waals surface area contributed by atoms with Gasteiger partial charge in [-0.2, -0.15) is 0 Å². The summed E-state index contributed by atoms with van der Waals surface area (Å²) in [7, 11) is -0.511. The van der Waals surface area contributed by atoms with E-state index in [0.717, 1.165) is 23.9 Å². The van der Waals surface area contributed by atoms with E-state index in [-0.39, 0.29) is 0 Å². The number of rotatable bonds is 7. The van der Waals surface area contributed by atoms with Crippen LogP contribution in [-0.4, -0.2) is 47.5 Å². The molecule has 0 bridgehead atoms. The predicted octanol–water partition coefficient (Wildman–Crippen LogP) is 3.96. The first-order chi connectivity index (χ1) is 12.1. The molecule has 0 radical (unpaired) electrons. The van der Waals surface area contributed by atoms with E-state index in [1.807, 2.05) is 45.9 Å². The minimum Gasteiger partial charge on any atom is -0.465 e. The number of benzene rings is 1. The van der Waals surface area contributed by atoms with Crippen molar-refractivity contribution in [3.05, 3.63) is 28.8 Å². The zero-order valence-electron chi connectivity index (χ0n) is 16.3. The lowest BCUT2D eigenvalue weighted by Crippen LogP contribution is -2.41. The quantitative estimate of drug-likeness (QED) is 0.726. The van der Waals surface area contributed by atoms with Crippen LogP contribution in [0.5, 0.6) is 0 Å². The van der Waals surface area contributed by atoms with Crippen LogP contribution in [0.25, 0.3) is 0 Å². The fourth-order valence-electron chi connectivity index (χ4n) is 2.89. The van der Waals surface area contributed by atoms with E-state index >= 15 is 0 Å². The van der Waals surface area contributed by atoms with Crippen LogP contribution >= 0.6 is 11.6 Å². The largest absolute Gasteiger partial charge is 0.495 e. The standard InChI is InChI=1S/C19H29BClNO4/c1-6-7-11-22(17(23)24)12-10-14-8-9-15(21)13-16(14)20-25-18(2,3)19(4,5)26-20/h8-9,13H,6-7,10-12H2,1-5H3,(H,23,24). The average Bonchev–Trinajstić information content (AvgIpc) is 2.76. The lowest BCUT2D eigenvalue weighted by atomic mass is 9.75. The molecule has 0 aromatic heterocycles. The maximum Gasteiger partial charge on any atom is 0.495 e. The van der Waals surface area contributed by atoms with Gasteiger partial charge >= 0.3 is 13.2 Å². The van der Waals surface area contributed by atoms with Gasteiger partial charge in [0.2, 0.25) is 0 Å². The van der Waals surface area contributed by atoms with Crippen LogP contribution in [0.1, 0.15) is 53.0 Å². The molecule has 0 atom stereocenters. The first-order valence-electron chi connectivity index (χ1n) is 9.19. The molecule has 0 unspecified atom stereocenters. The molecule has 1 heterocycles. The van der Waals surface area contributed by atoms with Gasteiger partial charge in [-0.25, -0.2) is 4.79 Å². The number of hydrogen-bond acceptors (Lipinski definition) is 3. The highest BCUT2D eigenvalue weighted by Gasteiger charge is 2.52. The molecule has 26 heavy (non-hydrogen) atoms. The summed E-state index contributed by atoms with van der Waals surface area (Å²) in [5.41, 5.74) is 0.990. The predicted molar refractivity (Wildman–Crippen MR) is 105 cm³/mol. The minimum atomic E-state index is -0.885. The Hall–Kier alpha value is -1.24. The summed E-state index contributed by atoms with van der Waals surface area (Å²) in [6, 6.07) is 5.61. The van der Waals surface area contributed by atoms with Crippen molar-refractivity contribution in [3.63, 3.8) is 0 Å². The molecular weight excluding hydrogens is 352 g/mol. The Morgan fingerprint density at radius 2 is 1.81 bits per heavy atom. The van der Waals surface area contributed by atoms with Gasteiger partial charge in [0.15, 0.2) is 0 Å². The monoisotopic (exact) mass is 381 g/mol. The van der Waals surface area contributed by atoms with Gasteiger partial charge in [0.25, 0.3) is 0 Å². The van der Waals surface area contributed by atoms with Crippen molar-refractivity contribution in [2.75, 3.05) is 13.1 Å². The summed E-state index contributed by atoms with van der Waals surface area (Å²) < 4.78 is 12.3. The summed E-state index contributed by atoms with van der Waals surface area (Å²) >= 11 is 6.20. The van der Waals surface area contributed by atoms with Crippen molar-refractivity contribution >= 4 is 30.3 Å². The maximum absolute atomic E-state index is 11.4. The van der Waals surface area contributed by atoms with Gasteiger partial charge in [0.05, 0.1) is 11.2 Å². The normalized spacial score (nSPS) is 18.2. The van der Waals surface area contributed by atoms with Gasteiger partial charge in [0.1, 0.15) is 0 Å². The highest BCUT2D eigenvalue weighted by molar-refractivity contribution is 6.63. The number of amides is 1. The van der Waals surface area contributed by atoms with Gasteiger partial charge in [-0.3, -0.25) is 0 Å². The summed E-state index contributed by atoms with van der Waals surface area (Å²) in [6.07, 6.45) is 1.53. The second-order valence-electron chi connectivity index (χ2n) is 7.80. The van der Waals surface area contributed by atoms with Crippen LogP contribution in [0.3, 0.4) is 0 Å². The van der Waals surface area contributed by atoms with Crippen molar-refractivity contribution < 1.29 is 19.2 Å². The fraction of sp³-hybridized carbons (Fsp3) is 0.632. The molecule has 1 aliphatic heterocycles. The third kappa shape index (κ3) is 4.73. The van der Waals surface area contributed by atoms with Crippen molar-refractivity contribution in [1.29, 1.82) is 0 Å². The molecule has 5 nitrogen and oxygen atoms in total. The Kier molecular flexibility index (Phi) is 6.64. The second kappa shape index (κ2) is 8.20. The molecular formula is C19H29BClNO4. The highest BCUT2D eigenvalue weighted by atomic mass is 35.5. The van der Waals surface area contributed by atoms with Gasteiger partial charge in [-0.1, -0.05) is 31.0 Å². The Balaban J connectivity index is 2.19. The highest BCUT2D eigenvalue weighted by Crippen LogP contribution is 2.36. The smallest absolute Gasteiger partial charge is 0.465 e. The van der Waals surface area contributed by atoms with Crippen LogP contribution in [-0.2, 0) is 15.7 Å². The number of nitrogens with zero attached hydrogens (tertiary/aromatic N) is 1. The first-order valence-corrected chi connectivity index (χ1v) is 9.57. The lowest BCUT2D eigenvalue weighted by Gasteiger charge is -2.32. The Morgan fingerprint density at radius 1 is 1.19 bits per heavy atom. The fourth-order valence-corrected chi connectivity index (χ4v) is 3.07. The molecule has 0 spiro atoms. The van der Waals surface area contributed by atoms with Crippen LogP contribution in [0, 0.1) is 0 Å². The van der Waals surface area contributed by atoms with E-state index < -0.39 is 24.4 Å². The van der Waals surface area contributed by atoms with Crippen LogP contribution in [0.4, 0.5) is 4.79 Å². The molecule has 1 amide bonds. The maximum atomic E-state index is 11.4. The average molecular weight is 382 g/mol. The van der Waals surface area contributed by atoms with Crippen molar-refractivity contribution in [1.82, 2.24) is 4.90 Å². The Bertz CT molecular complexity index is 634. The lowest BCUT2D eigenvalue weighted by molar-refractivity contribution is 0.00578. The number of hydrogen-bond donors (Lipinski definition) is 1. The Morgan fingerprint density at radius 3 is 2.35 bits per heavy atom. The van der Waals surface area contributed by atoms with E-state index in [0.29, 0.717) is 24.5 Å². The Labute approximate surface area is 161 Å². The topological polar surface area (TPSA) is 59.0 Å². The summed E-state index contributed by atoms with van der Waals surface area (Å²) in [5.74, 6) is 0. The van der Waals surface area contributed by atoms with Crippen molar-refractivity contribution in [3.8, 4) is 0 Å². The van der Waals surface area contributed by atoms with E-state index in [4.69, 9.17) is 20.9 Å². The first kappa shape index (κ1) is 21.1.